The fourth-order valence-corrected chi connectivity index (χ4v) is 6.64. The van der Waals surface area contributed by atoms with E-state index in [1.54, 1.807) is 0 Å². The van der Waals surface area contributed by atoms with Gasteiger partial charge in [-0.3, -0.25) is 9.97 Å². The summed E-state index contributed by atoms with van der Waals surface area (Å²) >= 11 is 0. The van der Waals surface area contributed by atoms with Crippen molar-refractivity contribution >= 4 is 65.8 Å². The molecule has 0 fully saturated rings. The molecular weight excluding hydrogens is 750 g/mol. The van der Waals surface area contributed by atoms with Crippen LogP contribution in [0.1, 0.15) is 0 Å². The number of furan rings is 1. The summed E-state index contributed by atoms with van der Waals surface area (Å²) in [5.74, 6) is 0.563. The van der Waals surface area contributed by atoms with Crippen LogP contribution in [0.5, 0.6) is 0 Å². The van der Waals surface area contributed by atoms with Crippen LogP contribution in [0.3, 0.4) is 0 Å². The van der Waals surface area contributed by atoms with Gasteiger partial charge < -0.3 is 14.0 Å². The van der Waals surface area contributed by atoms with Gasteiger partial charge in [0.25, 0.3) is 0 Å². The molecular formula is C39H21N5OPt. The van der Waals surface area contributed by atoms with Crippen LogP contribution in [0.2, 0.25) is 0 Å². The maximum atomic E-state index is 6.46. The van der Waals surface area contributed by atoms with Crippen LogP contribution >= 0.6 is 0 Å². The Morgan fingerprint density at radius 1 is 0.652 bits per heavy atom. The molecule has 0 saturated heterocycles. The number of fused-ring (bicyclic) bond motifs is 9. The normalized spacial score (nSPS) is 11.7. The van der Waals surface area contributed by atoms with Gasteiger partial charge in [-0.2, -0.15) is 0 Å². The van der Waals surface area contributed by atoms with Gasteiger partial charge in [-0.25, -0.2) is 4.98 Å². The monoisotopic (exact) mass is 770 g/mol. The predicted molar refractivity (Wildman–Crippen MR) is 179 cm³/mol. The largest absolute Gasteiger partial charge is 2.00 e. The number of nitrogens with zero attached hydrogens (tertiary/aromatic N) is 5. The second-order valence-electron chi connectivity index (χ2n) is 11.2. The van der Waals surface area contributed by atoms with Crippen LogP contribution in [0.25, 0.3) is 94.1 Å². The molecule has 0 N–H and O–H groups in total. The first-order chi connectivity index (χ1) is 22.3. The summed E-state index contributed by atoms with van der Waals surface area (Å²) in [6.45, 7) is 0. The molecule has 7 heteroatoms. The molecule has 46 heavy (non-hydrogen) atoms. The summed E-state index contributed by atoms with van der Waals surface area (Å²) in [5, 5.41) is 5.38. The third-order valence-electron chi connectivity index (χ3n) is 8.63. The van der Waals surface area contributed by atoms with Crippen molar-refractivity contribution in [1.82, 2.24) is 24.5 Å². The van der Waals surface area contributed by atoms with Gasteiger partial charge in [-0.15, -0.1) is 40.9 Å². The molecule has 0 unspecified atom stereocenters. The Morgan fingerprint density at radius 3 is 2.35 bits per heavy atom. The zero-order chi connectivity index (χ0) is 29.5. The Kier molecular flexibility index (Phi) is 5.96. The van der Waals surface area contributed by atoms with Gasteiger partial charge in [0.2, 0.25) is 0 Å². The standard InChI is InChI=1S/C39H21N5O.Pt/c1-4-18-31-25(12-1)27-15-8-16-30(34(27)41-31)36-37-35(29-14-3-6-20-33(29)45-37)42-38(43-36)23-10-7-11-24(22-23)44-32-19-5-2-13-26(32)28-17-9-21-40-39(28)44;/h1-21H;/q-2;+2. The second kappa shape index (κ2) is 10.2. The molecule has 0 atom stereocenters. The van der Waals surface area contributed by atoms with Crippen molar-refractivity contribution in [2.75, 3.05) is 0 Å². The van der Waals surface area contributed by atoms with E-state index in [-0.39, 0.29) is 21.1 Å². The molecule has 5 heterocycles. The molecule has 0 amide bonds. The number of rotatable bonds is 3. The van der Waals surface area contributed by atoms with E-state index >= 15 is 0 Å². The van der Waals surface area contributed by atoms with E-state index in [0.29, 0.717) is 17.1 Å². The minimum Gasteiger partial charge on any atom is -0.656 e. The van der Waals surface area contributed by atoms with Crippen LogP contribution < -0.4 is 4.98 Å². The molecule has 10 rings (SSSR count). The topological polar surface area (TPSA) is 70.8 Å². The van der Waals surface area contributed by atoms with E-state index in [9.17, 15) is 0 Å². The second-order valence-corrected chi connectivity index (χ2v) is 11.2. The van der Waals surface area contributed by atoms with Gasteiger partial charge >= 0.3 is 21.1 Å². The van der Waals surface area contributed by atoms with Crippen LogP contribution in [0.15, 0.2) is 132 Å². The molecule has 0 radical (unpaired) electrons. The van der Waals surface area contributed by atoms with Gasteiger partial charge in [0.05, 0.1) is 11.3 Å². The Bertz CT molecular complexity index is 2740. The van der Waals surface area contributed by atoms with Gasteiger partial charge in [0.15, 0.2) is 5.58 Å². The third-order valence-corrected chi connectivity index (χ3v) is 8.63. The van der Waals surface area contributed by atoms with Crippen molar-refractivity contribution < 1.29 is 25.5 Å². The maximum absolute atomic E-state index is 6.46. The molecule has 10 aromatic rings. The zero-order valence-corrected chi connectivity index (χ0v) is 26.4. The van der Waals surface area contributed by atoms with Crippen molar-refractivity contribution in [3.63, 3.8) is 0 Å². The summed E-state index contributed by atoms with van der Waals surface area (Å²) in [4.78, 5) is 20.1. The number of aromatic nitrogens is 5. The first-order valence-electron chi connectivity index (χ1n) is 14.8. The van der Waals surface area contributed by atoms with E-state index in [1.807, 2.05) is 66.9 Å². The smallest absolute Gasteiger partial charge is 0.656 e. The molecule has 0 aliphatic rings. The average molecular weight is 771 g/mol. The predicted octanol–water partition coefficient (Wildman–Crippen LogP) is 9.26. The Morgan fingerprint density at radius 2 is 1.41 bits per heavy atom. The number of para-hydroxylation sites is 4. The van der Waals surface area contributed by atoms with E-state index in [2.05, 4.69) is 71.3 Å². The number of hydrogen-bond acceptors (Lipinski definition) is 4. The summed E-state index contributed by atoms with van der Waals surface area (Å²) in [6.07, 6.45) is 1.83. The average Bonchev–Trinajstić information content (AvgIpc) is 3.78. The molecule has 0 bridgehead atoms. The Balaban J connectivity index is 0.00000292. The van der Waals surface area contributed by atoms with Crippen LogP contribution in [0, 0.1) is 6.07 Å². The number of pyridine rings is 1. The van der Waals surface area contributed by atoms with Crippen LogP contribution in [0.4, 0.5) is 0 Å². The van der Waals surface area contributed by atoms with E-state index in [1.165, 1.54) is 0 Å². The third kappa shape index (κ3) is 3.84. The quantitative estimate of drug-likeness (QED) is 0.168. The zero-order valence-electron chi connectivity index (χ0n) is 24.1. The Hall–Kier alpha value is -5.58. The van der Waals surface area contributed by atoms with Gasteiger partial charge in [-0.1, -0.05) is 72.8 Å². The number of hydrogen-bond donors (Lipinski definition) is 0. The maximum Gasteiger partial charge on any atom is 2.00 e. The summed E-state index contributed by atoms with van der Waals surface area (Å²) in [5.41, 5.74) is 9.21. The van der Waals surface area contributed by atoms with Crippen LogP contribution in [-0.4, -0.2) is 19.5 Å². The fraction of sp³-hybridized carbons (Fsp3) is 0. The van der Waals surface area contributed by atoms with Gasteiger partial charge in [0, 0.05) is 22.4 Å². The molecule has 0 aliphatic carbocycles. The van der Waals surface area contributed by atoms with Crippen LogP contribution in [-0.2, 0) is 21.1 Å². The summed E-state index contributed by atoms with van der Waals surface area (Å²) in [6, 6.07) is 44.6. The minimum absolute atomic E-state index is 0. The molecule has 6 nitrogen and oxygen atoms in total. The molecule has 5 aromatic carbocycles. The summed E-state index contributed by atoms with van der Waals surface area (Å²) < 4.78 is 8.61. The van der Waals surface area contributed by atoms with E-state index in [4.69, 9.17) is 24.4 Å². The minimum atomic E-state index is 0. The van der Waals surface area contributed by atoms with Gasteiger partial charge in [-0.05, 0) is 52.4 Å². The summed E-state index contributed by atoms with van der Waals surface area (Å²) in [7, 11) is 0. The molecule has 5 aromatic heterocycles. The fourth-order valence-electron chi connectivity index (χ4n) is 6.64. The molecule has 0 spiro atoms. The molecule has 218 valence electrons. The number of benzene rings is 5. The first kappa shape index (κ1) is 26.8. The molecule has 0 saturated carbocycles. The Labute approximate surface area is 276 Å². The SMILES string of the molecule is [Pt+2].[c-]1c(-c2nc(-c3cccc4c3[n-]c3ccccc34)c3oc4ccccc4c3n2)cccc1-n1c2ccccc2c2cccnc21. The molecule has 0 aliphatic heterocycles. The van der Waals surface area contributed by atoms with Crippen molar-refractivity contribution in [2.24, 2.45) is 0 Å². The van der Waals surface area contributed by atoms with Gasteiger partial charge in [0.1, 0.15) is 22.4 Å². The van der Waals surface area contributed by atoms with Crippen molar-refractivity contribution in [3.8, 4) is 28.3 Å². The van der Waals surface area contributed by atoms with Crippen molar-refractivity contribution in [2.45, 2.75) is 0 Å². The van der Waals surface area contributed by atoms with E-state index in [0.717, 1.165) is 77.0 Å². The van der Waals surface area contributed by atoms with E-state index < -0.39 is 0 Å². The first-order valence-corrected chi connectivity index (χ1v) is 14.8. The van der Waals surface area contributed by atoms with Crippen molar-refractivity contribution in [1.29, 1.82) is 0 Å². The van der Waals surface area contributed by atoms with Crippen molar-refractivity contribution in [3.05, 3.63) is 134 Å².